The summed E-state index contributed by atoms with van der Waals surface area (Å²) in [6.45, 7) is 0. The first-order valence-electron chi connectivity index (χ1n) is 9.49. The molecule has 0 saturated heterocycles. The summed E-state index contributed by atoms with van der Waals surface area (Å²) in [6, 6.07) is 13.2. The second-order valence-corrected chi connectivity index (χ2v) is 7.44. The minimum Gasteiger partial charge on any atom is -0.496 e. The number of amides is 2. The fourth-order valence-corrected chi connectivity index (χ4v) is 4.02. The van der Waals surface area contributed by atoms with Crippen LogP contribution in [0.15, 0.2) is 42.5 Å². The van der Waals surface area contributed by atoms with Crippen molar-refractivity contribution < 1.29 is 19.1 Å². The molecule has 0 heterocycles. The first kappa shape index (κ1) is 20.6. The predicted molar refractivity (Wildman–Crippen MR) is 105 cm³/mol. The van der Waals surface area contributed by atoms with Gasteiger partial charge in [0.2, 0.25) is 0 Å². The molecule has 7 heteroatoms. The van der Waals surface area contributed by atoms with Crippen LogP contribution in [0.2, 0.25) is 0 Å². The second-order valence-electron chi connectivity index (χ2n) is 7.44. The van der Waals surface area contributed by atoms with E-state index in [-0.39, 0.29) is 11.9 Å². The molecule has 1 aliphatic rings. The van der Waals surface area contributed by atoms with Gasteiger partial charge in [-0.1, -0.05) is 24.3 Å². The summed E-state index contributed by atoms with van der Waals surface area (Å²) in [5, 5.41) is 20.3. The number of nitrogens with two attached hydrogens (primary N) is 1. The van der Waals surface area contributed by atoms with Gasteiger partial charge >= 0.3 is 6.03 Å². The van der Waals surface area contributed by atoms with Crippen LogP contribution in [0, 0.1) is 17.1 Å². The molecule has 0 aromatic heterocycles. The Morgan fingerprint density at radius 3 is 2.52 bits per heavy atom. The van der Waals surface area contributed by atoms with E-state index in [9.17, 15) is 19.7 Å². The standard InChI is InChI=1S/C22H24FN3O3/c1-29-20-7-4-17(13-16(20)12-15-2-5-18(23)6-3-15)22(14-24)10-8-19(9-11-22)26(28)21(25)27/h2-7,13,19,28H,8-12H2,1H3,(H2,25,27)/t19-,22+. The van der Waals surface area contributed by atoms with Gasteiger partial charge < -0.3 is 10.5 Å². The molecule has 1 fully saturated rings. The van der Waals surface area contributed by atoms with Gasteiger partial charge in [0.25, 0.3) is 0 Å². The van der Waals surface area contributed by atoms with E-state index in [1.807, 2.05) is 18.2 Å². The van der Waals surface area contributed by atoms with Gasteiger partial charge in [0.1, 0.15) is 11.6 Å². The summed E-state index contributed by atoms with van der Waals surface area (Å²) in [7, 11) is 1.59. The Labute approximate surface area is 169 Å². The maximum Gasteiger partial charge on any atom is 0.338 e. The van der Waals surface area contributed by atoms with E-state index in [1.165, 1.54) is 12.1 Å². The van der Waals surface area contributed by atoms with Gasteiger partial charge in [0.05, 0.1) is 24.6 Å². The molecule has 29 heavy (non-hydrogen) atoms. The minimum atomic E-state index is -0.884. The molecule has 2 amide bonds. The number of primary amides is 1. The Hall–Kier alpha value is -3.11. The Balaban J connectivity index is 1.86. The third kappa shape index (κ3) is 4.33. The Bertz CT molecular complexity index is 916. The van der Waals surface area contributed by atoms with Crippen molar-refractivity contribution in [2.75, 3.05) is 7.11 Å². The number of nitrogens with zero attached hydrogens (tertiary/aromatic N) is 2. The molecule has 6 nitrogen and oxygen atoms in total. The molecule has 3 N–H and O–H groups in total. The monoisotopic (exact) mass is 397 g/mol. The molecule has 0 radical (unpaired) electrons. The number of hydrogen-bond donors (Lipinski definition) is 2. The van der Waals surface area contributed by atoms with Crippen LogP contribution in [0.5, 0.6) is 5.75 Å². The number of carbonyl (C=O) groups is 1. The lowest BCUT2D eigenvalue weighted by atomic mass is 9.69. The highest BCUT2D eigenvalue weighted by Gasteiger charge is 2.39. The highest BCUT2D eigenvalue weighted by atomic mass is 19.1. The first-order valence-corrected chi connectivity index (χ1v) is 9.49. The topological polar surface area (TPSA) is 99.6 Å². The van der Waals surface area contributed by atoms with Crippen molar-refractivity contribution in [3.63, 3.8) is 0 Å². The average Bonchev–Trinajstić information content (AvgIpc) is 2.74. The number of ether oxygens (including phenoxy) is 1. The number of methoxy groups -OCH3 is 1. The quantitative estimate of drug-likeness (QED) is 0.590. The van der Waals surface area contributed by atoms with Gasteiger partial charge in [-0.2, -0.15) is 5.26 Å². The number of benzene rings is 2. The maximum atomic E-state index is 13.2. The molecule has 152 valence electrons. The second kappa shape index (κ2) is 8.50. The van der Waals surface area contributed by atoms with Crippen molar-refractivity contribution in [1.29, 1.82) is 5.26 Å². The van der Waals surface area contributed by atoms with Crippen LogP contribution in [0.25, 0.3) is 0 Å². The zero-order valence-electron chi connectivity index (χ0n) is 16.3. The molecule has 0 unspecified atom stereocenters. The third-order valence-corrected chi connectivity index (χ3v) is 5.74. The normalized spacial score (nSPS) is 21.2. The summed E-state index contributed by atoms with van der Waals surface area (Å²) in [5.74, 6) is 0.415. The van der Waals surface area contributed by atoms with Crippen LogP contribution in [0.1, 0.15) is 42.4 Å². The van der Waals surface area contributed by atoms with Gasteiger partial charge in [0.15, 0.2) is 0 Å². The maximum absolute atomic E-state index is 13.2. The van der Waals surface area contributed by atoms with E-state index in [0.29, 0.717) is 42.9 Å². The Morgan fingerprint density at radius 1 is 1.31 bits per heavy atom. The van der Waals surface area contributed by atoms with Crippen molar-refractivity contribution >= 4 is 6.03 Å². The molecule has 2 aromatic carbocycles. The summed E-state index contributed by atoms with van der Waals surface area (Å²) in [6.07, 6.45) is 2.51. The molecule has 1 aliphatic carbocycles. The average molecular weight is 397 g/mol. The van der Waals surface area contributed by atoms with E-state index in [1.54, 1.807) is 19.2 Å². The summed E-state index contributed by atoms with van der Waals surface area (Å²) >= 11 is 0. The van der Waals surface area contributed by atoms with Crippen LogP contribution in [-0.4, -0.2) is 29.5 Å². The first-order chi connectivity index (χ1) is 13.9. The highest BCUT2D eigenvalue weighted by molar-refractivity contribution is 5.70. The van der Waals surface area contributed by atoms with E-state index < -0.39 is 11.4 Å². The van der Waals surface area contributed by atoms with Crippen molar-refractivity contribution in [3.05, 3.63) is 65.0 Å². The van der Waals surface area contributed by atoms with Crippen LogP contribution >= 0.6 is 0 Å². The van der Waals surface area contributed by atoms with Gasteiger partial charge in [0, 0.05) is 6.42 Å². The van der Waals surface area contributed by atoms with Crippen molar-refractivity contribution in [3.8, 4) is 11.8 Å². The van der Waals surface area contributed by atoms with Gasteiger partial charge in [-0.3, -0.25) is 5.21 Å². The number of urea groups is 1. The van der Waals surface area contributed by atoms with Crippen LogP contribution in [-0.2, 0) is 11.8 Å². The van der Waals surface area contributed by atoms with Crippen LogP contribution < -0.4 is 10.5 Å². The zero-order valence-corrected chi connectivity index (χ0v) is 16.3. The van der Waals surface area contributed by atoms with Crippen molar-refractivity contribution in [2.24, 2.45) is 5.73 Å². The lowest BCUT2D eigenvalue weighted by Crippen LogP contribution is -2.45. The minimum absolute atomic E-state index is 0.288. The van der Waals surface area contributed by atoms with Crippen LogP contribution in [0.4, 0.5) is 9.18 Å². The van der Waals surface area contributed by atoms with E-state index >= 15 is 0 Å². The van der Waals surface area contributed by atoms with Gasteiger partial charge in [-0.05, 0) is 60.6 Å². The lowest BCUT2D eigenvalue weighted by molar-refractivity contribution is -0.0870. The predicted octanol–water partition coefficient (Wildman–Crippen LogP) is 3.90. The van der Waals surface area contributed by atoms with E-state index in [2.05, 4.69) is 6.07 Å². The number of halogens is 1. The molecule has 0 atom stereocenters. The zero-order chi connectivity index (χ0) is 21.0. The van der Waals surface area contributed by atoms with E-state index in [0.717, 1.165) is 16.7 Å². The molecule has 1 saturated carbocycles. The number of hydroxylamine groups is 2. The van der Waals surface area contributed by atoms with Crippen molar-refractivity contribution in [2.45, 2.75) is 43.6 Å². The molecule has 2 aromatic rings. The SMILES string of the molecule is COc1ccc([C@]2(C#N)CC[C@H](N(O)C(N)=O)CC2)cc1Cc1ccc(F)cc1. The summed E-state index contributed by atoms with van der Waals surface area (Å²) < 4.78 is 18.7. The molecule has 3 rings (SSSR count). The smallest absolute Gasteiger partial charge is 0.338 e. The number of hydrogen-bond acceptors (Lipinski definition) is 4. The summed E-state index contributed by atoms with van der Waals surface area (Å²) in [5.41, 5.74) is 7.16. The summed E-state index contributed by atoms with van der Waals surface area (Å²) in [4.78, 5) is 11.2. The largest absolute Gasteiger partial charge is 0.496 e. The molecule has 0 spiro atoms. The van der Waals surface area contributed by atoms with Gasteiger partial charge in [-0.25, -0.2) is 14.2 Å². The molecular formula is C22H24FN3O3. The number of nitriles is 1. The van der Waals surface area contributed by atoms with E-state index in [4.69, 9.17) is 10.5 Å². The van der Waals surface area contributed by atoms with Crippen LogP contribution in [0.3, 0.4) is 0 Å². The Kier molecular flexibility index (Phi) is 6.04. The fraction of sp³-hybridized carbons (Fsp3) is 0.364. The van der Waals surface area contributed by atoms with Crippen molar-refractivity contribution in [1.82, 2.24) is 5.06 Å². The highest BCUT2D eigenvalue weighted by Crippen LogP contribution is 2.41. The Morgan fingerprint density at radius 2 is 1.97 bits per heavy atom. The molecule has 0 bridgehead atoms. The molecular weight excluding hydrogens is 373 g/mol. The third-order valence-electron chi connectivity index (χ3n) is 5.74. The fourth-order valence-electron chi connectivity index (χ4n) is 4.02. The lowest BCUT2D eigenvalue weighted by Gasteiger charge is -2.37. The molecule has 0 aliphatic heterocycles. The van der Waals surface area contributed by atoms with Gasteiger partial charge in [-0.15, -0.1) is 0 Å². The number of carbonyl (C=O) groups excluding carboxylic acids is 1. The number of rotatable bonds is 5.